The Morgan fingerprint density at radius 2 is 1.93 bits per heavy atom. The molecule has 0 saturated heterocycles. The van der Waals surface area contributed by atoms with Gasteiger partial charge in [0.15, 0.2) is 0 Å². The topological polar surface area (TPSA) is 115 Å². The SMILES string of the molecule is NCC(=O)C(C#P=O)(CC#P=O)C(=O)O. The molecule has 0 radical (unpaired) electrons. The van der Waals surface area contributed by atoms with E-state index in [1.54, 1.807) is 0 Å². The van der Waals surface area contributed by atoms with Gasteiger partial charge in [0.25, 0.3) is 0 Å². The van der Waals surface area contributed by atoms with Crippen LogP contribution in [-0.2, 0) is 18.7 Å². The Kier molecular flexibility index (Phi) is 6.19. The molecule has 0 saturated carbocycles. The summed E-state index contributed by atoms with van der Waals surface area (Å²) in [5.41, 5.74) is 6.99. The van der Waals surface area contributed by atoms with Gasteiger partial charge in [-0.2, -0.15) is 0 Å². The van der Waals surface area contributed by atoms with E-state index in [0.29, 0.717) is 0 Å². The molecule has 0 aromatic carbocycles. The number of Topliss-reactive ketones (excluding diaryl/α,β-unsaturated/α-hetero) is 1. The van der Waals surface area contributed by atoms with Crippen molar-refractivity contribution in [1.29, 1.82) is 0 Å². The van der Waals surface area contributed by atoms with Crippen molar-refractivity contribution in [2.75, 3.05) is 6.54 Å². The van der Waals surface area contributed by atoms with Crippen LogP contribution in [0.15, 0.2) is 0 Å². The summed E-state index contributed by atoms with van der Waals surface area (Å²) >= 11 is 0. The second-order valence-corrected chi connectivity index (χ2v) is 3.37. The quantitative estimate of drug-likeness (QED) is 0.551. The number of hydrogen-bond donors (Lipinski definition) is 2. The van der Waals surface area contributed by atoms with Crippen LogP contribution < -0.4 is 5.73 Å². The van der Waals surface area contributed by atoms with E-state index in [2.05, 4.69) is 5.63 Å². The van der Waals surface area contributed by atoms with Gasteiger partial charge in [0.2, 0.25) is 0 Å². The second kappa shape index (κ2) is 6.58. The van der Waals surface area contributed by atoms with E-state index >= 15 is 0 Å². The molecule has 0 aliphatic rings. The molecule has 0 fully saturated rings. The predicted octanol–water partition coefficient (Wildman–Crippen LogP) is 0.477. The van der Waals surface area contributed by atoms with Crippen LogP contribution in [0.4, 0.5) is 0 Å². The van der Waals surface area contributed by atoms with Gasteiger partial charge >= 0.3 is 86.8 Å². The minimum absolute atomic E-state index is 0.487. The Labute approximate surface area is 87.5 Å². The van der Waals surface area contributed by atoms with E-state index < -0.39 is 46.0 Å². The van der Waals surface area contributed by atoms with Gasteiger partial charge in [0.1, 0.15) is 0 Å². The van der Waals surface area contributed by atoms with Crippen molar-refractivity contribution in [3.8, 4) is 11.3 Å². The molecule has 3 N–H and O–H groups in total. The fraction of sp³-hybridized carbons (Fsp3) is 0.429. The number of rotatable bonds is 4. The molecular formula is C7H7NO5P2. The van der Waals surface area contributed by atoms with Crippen LogP contribution in [0.5, 0.6) is 0 Å². The van der Waals surface area contributed by atoms with E-state index in [9.17, 15) is 18.7 Å². The van der Waals surface area contributed by atoms with Gasteiger partial charge in [-0.15, -0.1) is 0 Å². The summed E-state index contributed by atoms with van der Waals surface area (Å²) in [7, 11) is -1.27. The van der Waals surface area contributed by atoms with Crippen LogP contribution in [0, 0.1) is 16.7 Å². The van der Waals surface area contributed by atoms with Gasteiger partial charge in [-0.3, -0.25) is 0 Å². The summed E-state index contributed by atoms with van der Waals surface area (Å²) in [6, 6.07) is 0. The third-order valence-electron chi connectivity index (χ3n) is 1.67. The van der Waals surface area contributed by atoms with E-state index in [1.165, 1.54) is 0 Å². The van der Waals surface area contributed by atoms with Crippen LogP contribution in [-0.4, -0.2) is 23.4 Å². The van der Waals surface area contributed by atoms with Crippen molar-refractivity contribution in [2.24, 2.45) is 11.1 Å². The number of carbonyl (C=O) groups is 2. The summed E-state index contributed by atoms with van der Waals surface area (Å²) in [6.45, 7) is -0.535. The molecular weight excluding hydrogens is 240 g/mol. The Balaban J connectivity index is 5.59. The first kappa shape index (κ1) is 14.1. The Morgan fingerprint density at radius 1 is 1.33 bits per heavy atom. The fourth-order valence-corrected chi connectivity index (χ4v) is 1.60. The summed E-state index contributed by atoms with van der Waals surface area (Å²) < 4.78 is 20.5. The van der Waals surface area contributed by atoms with Crippen molar-refractivity contribution in [3.63, 3.8) is 0 Å². The zero-order valence-corrected chi connectivity index (χ0v) is 9.26. The average Bonchev–Trinajstić information content (AvgIpc) is 2.22. The van der Waals surface area contributed by atoms with E-state index in [-0.39, 0.29) is 0 Å². The molecule has 1 atom stereocenters. The zero-order valence-electron chi connectivity index (χ0n) is 7.47. The van der Waals surface area contributed by atoms with Crippen molar-refractivity contribution in [2.45, 2.75) is 6.42 Å². The van der Waals surface area contributed by atoms with Crippen LogP contribution in [0.25, 0.3) is 0 Å². The van der Waals surface area contributed by atoms with Crippen LogP contribution in [0.3, 0.4) is 0 Å². The fourth-order valence-electron chi connectivity index (χ4n) is 0.846. The van der Waals surface area contributed by atoms with Gasteiger partial charge in [-0.25, -0.2) is 0 Å². The third kappa shape index (κ3) is 3.32. The zero-order chi connectivity index (χ0) is 11.9. The first-order valence-electron chi connectivity index (χ1n) is 3.66. The average molecular weight is 247 g/mol. The third-order valence-corrected chi connectivity index (χ3v) is 2.43. The van der Waals surface area contributed by atoms with E-state index in [0.717, 1.165) is 0 Å². The summed E-state index contributed by atoms with van der Waals surface area (Å²) in [4.78, 5) is 22.2. The molecule has 0 aliphatic heterocycles. The van der Waals surface area contributed by atoms with Crippen molar-refractivity contribution in [3.05, 3.63) is 0 Å². The number of carbonyl (C=O) groups excluding carboxylic acids is 1. The first-order chi connectivity index (χ1) is 7.05. The molecule has 0 aromatic heterocycles. The molecule has 80 valence electrons. The number of nitrogens with two attached hydrogens (primary N) is 1. The Bertz CT molecular complexity index is 475. The molecule has 1 unspecified atom stereocenters. The maximum atomic E-state index is 11.3. The predicted molar refractivity (Wildman–Crippen MR) is 51.7 cm³/mol. The van der Waals surface area contributed by atoms with Gasteiger partial charge in [-0.1, -0.05) is 0 Å². The Morgan fingerprint density at radius 3 is 2.27 bits per heavy atom. The molecule has 0 rings (SSSR count). The Hall–Kier alpha value is -0.880. The molecule has 6 nitrogen and oxygen atoms in total. The molecule has 0 aromatic rings. The van der Waals surface area contributed by atoms with Gasteiger partial charge in [0.05, 0.1) is 0 Å². The molecule has 8 heteroatoms. The maximum absolute atomic E-state index is 11.3. The summed E-state index contributed by atoms with van der Waals surface area (Å²) in [6.07, 6.45) is -0.487. The molecule has 0 aliphatic carbocycles. The number of aliphatic carboxylic acids is 1. The van der Waals surface area contributed by atoms with Crippen LogP contribution in [0.2, 0.25) is 0 Å². The number of carboxylic acids is 1. The first-order valence-corrected chi connectivity index (χ1v) is 5.29. The second-order valence-electron chi connectivity index (χ2n) is 2.47. The normalized spacial score (nSPS) is 12.9. The molecule has 15 heavy (non-hydrogen) atoms. The number of hydrogen-bond acceptors (Lipinski definition) is 5. The van der Waals surface area contributed by atoms with Gasteiger partial charge in [0, 0.05) is 0 Å². The molecule has 0 heterocycles. The van der Waals surface area contributed by atoms with E-state index in [1.807, 2.05) is 5.63 Å². The van der Waals surface area contributed by atoms with Crippen molar-refractivity contribution < 1.29 is 23.8 Å². The van der Waals surface area contributed by atoms with Crippen LogP contribution >= 0.6 is 15.8 Å². The van der Waals surface area contributed by atoms with Crippen molar-refractivity contribution >= 4 is 27.6 Å². The number of carboxylic acid groups (broad SMARTS) is 1. The van der Waals surface area contributed by atoms with Crippen molar-refractivity contribution in [1.82, 2.24) is 0 Å². The monoisotopic (exact) mass is 247 g/mol. The standard InChI is InChI=1S/C7H7NO5P2/c8-3-5(9)7(4-15-13,6(10)11)1-2-14-12/h1,3,8H2,(H,10,11). The van der Waals surface area contributed by atoms with E-state index in [4.69, 9.17) is 10.8 Å². The minimum atomic E-state index is -2.13. The summed E-state index contributed by atoms with van der Waals surface area (Å²) in [5, 5.41) is 8.86. The van der Waals surface area contributed by atoms with Gasteiger partial charge < -0.3 is 0 Å². The number of ketones is 1. The van der Waals surface area contributed by atoms with Gasteiger partial charge in [-0.05, 0) is 0 Å². The molecule has 0 spiro atoms. The summed E-state index contributed by atoms with van der Waals surface area (Å²) in [5.74, 6) is -2.41. The molecule has 0 amide bonds. The van der Waals surface area contributed by atoms with Crippen LogP contribution in [0.1, 0.15) is 6.42 Å². The molecule has 0 bridgehead atoms.